The normalized spacial score (nSPS) is 17.4. The fourth-order valence-electron chi connectivity index (χ4n) is 2.33. The van der Waals surface area contributed by atoms with Crippen molar-refractivity contribution >= 4 is 28.4 Å². The van der Waals surface area contributed by atoms with Gasteiger partial charge < -0.3 is 0 Å². The quantitative estimate of drug-likeness (QED) is 0.624. The van der Waals surface area contributed by atoms with Crippen LogP contribution < -0.4 is 0 Å². The summed E-state index contributed by atoms with van der Waals surface area (Å²) in [7, 11) is 0. The number of carbonyl (C=O) groups excluding carboxylic acids is 2. The van der Waals surface area contributed by atoms with Crippen LogP contribution in [0.15, 0.2) is 39.9 Å². The molecule has 0 spiro atoms. The first-order valence-electron chi connectivity index (χ1n) is 7.16. The minimum Gasteiger partial charge on any atom is -0.295 e. The highest BCUT2D eigenvalue weighted by molar-refractivity contribution is 8.14. The maximum atomic E-state index is 12.3. The number of rotatable bonds is 4. The summed E-state index contributed by atoms with van der Waals surface area (Å²) in [6, 6.07) is 5.47. The Kier molecular flexibility index (Phi) is 3.81. The lowest BCUT2D eigenvalue weighted by molar-refractivity contribution is -0.107. The van der Waals surface area contributed by atoms with E-state index in [4.69, 9.17) is 0 Å². The molecule has 1 saturated carbocycles. The smallest absolute Gasteiger partial charge is 0.242 e. The number of hydrogen-bond acceptors (Lipinski definition) is 4. The topological polar surface area (TPSA) is 46.5 Å². The molecule has 0 radical (unpaired) electrons. The fourth-order valence-corrected chi connectivity index (χ4v) is 3.18. The van der Waals surface area contributed by atoms with Gasteiger partial charge in [-0.05, 0) is 62.1 Å². The van der Waals surface area contributed by atoms with E-state index in [0.717, 1.165) is 22.6 Å². The van der Waals surface area contributed by atoms with Gasteiger partial charge in [0.25, 0.3) is 0 Å². The van der Waals surface area contributed by atoms with Crippen molar-refractivity contribution in [3.05, 3.63) is 41.1 Å². The van der Waals surface area contributed by atoms with Crippen LogP contribution in [0.1, 0.15) is 42.1 Å². The van der Waals surface area contributed by atoms with Gasteiger partial charge in [0.1, 0.15) is 5.70 Å². The highest BCUT2D eigenvalue weighted by atomic mass is 32.2. The van der Waals surface area contributed by atoms with E-state index in [1.165, 1.54) is 31.5 Å². The Labute approximate surface area is 128 Å². The third-order valence-corrected chi connectivity index (χ3v) is 4.88. The summed E-state index contributed by atoms with van der Waals surface area (Å²) >= 11 is 1.17. The van der Waals surface area contributed by atoms with Crippen LogP contribution >= 0.6 is 11.8 Å². The molecular formula is C17H17NO2S. The molecule has 1 fully saturated rings. The highest BCUT2D eigenvalue weighted by Gasteiger charge is 2.30. The van der Waals surface area contributed by atoms with Crippen LogP contribution in [0.4, 0.5) is 0 Å². The molecule has 0 saturated heterocycles. The molecule has 3 nitrogen and oxygen atoms in total. The van der Waals surface area contributed by atoms with E-state index in [1.54, 1.807) is 12.1 Å². The first-order chi connectivity index (χ1) is 10.0. The maximum absolute atomic E-state index is 12.3. The lowest BCUT2D eigenvalue weighted by Gasteiger charge is -2.06. The molecule has 2 aliphatic rings. The lowest BCUT2D eigenvalue weighted by Crippen LogP contribution is -1.98. The van der Waals surface area contributed by atoms with Crippen LogP contribution in [0.3, 0.4) is 0 Å². The minimum absolute atomic E-state index is 0.0124. The standard InChI is InChI=1S/C17H17NO2S/c1-10-3-4-13(11(2)19)9-16(10)21-17(20)15-8-7-14(18-15)12-5-6-12/h3-4,8-9,12H,5-7H2,1-2H3. The summed E-state index contributed by atoms with van der Waals surface area (Å²) in [6.07, 6.45) is 5.16. The van der Waals surface area contributed by atoms with E-state index in [0.29, 0.717) is 17.2 Å². The van der Waals surface area contributed by atoms with Crippen molar-refractivity contribution < 1.29 is 9.59 Å². The molecule has 1 aromatic carbocycles. The van der Waals surface area contributed by atoms with Gasteiger partial charge in [-0.1, -0.05) is 12.1 Å². The molecule has 1 aliphatic heterocycles. The van der Waals surface area contributed by atoms with Crippen molar-refractivity contribution in [2.45, 2.75) is 38.0 Å². The van der Waals surface area contributed by atoms with Crippen molar-refractivity contribution in [3.63, 3.8) is 0 Å². The average molecular weight is 299 g/mol. The number of allylic oxidation sites excluding steroid dienone is 1. The SMILES string of the molecule is CC(=O)c1ccc(C)c(SC(=O)C2=CCC(C3CC3)=N2)c1. The Bertz CT molecular complexity index is 684. The molecule has 108 valence electrons. The molecular weight excluding hydrogens is 282 g/mol. The molecule has 0 N–H and O–H groups in total. The second-order valence-corrected chi connectivity index (χ2v) is 6.61. The molecule has 0 amide bonds. The zero-order valence-corrected chi connectivity index (χ0v) is 13.0. The minimum atomic E-state index is -0.0329. The van der Waals surface area contributed by atoms with E-state index in [1.807, 2.05) is 19.1 Å². The van der Waals surface area contributed by atoms with Crippen molar-refractivity contribution in [1.82, 2.24) is 0 Å². The number of thioether (sulfide) groups is 1. The zero-order chi connectivity index (χ0) is 15.0. The number of ketones is 1. The number of hydrogen-bond donors (Lipinski definition) is 0. The molecule has 1 heterocycles. The van der Waals surface area contributed by atoms with Crippen molar-refractivity contribution in [1.29, 1.82) is 0 Å². The van der Waals surface area contributed by atoms with Gasteiger partial charge in [0.15, 0.2) is 5.78 Å². The second-order valence-electron chi connectivity index (χ2n) is 5.60. The molecule has 0 aromatic heterocycles. The van der Waals surface area contributed by atoms with Crippen LogP contribution in [0, 0.1) is 12.8 Å². The van der Waals surface area contributed by atoms with E-state index >= 15 is 0 Å². The number of Topliss-reactive ketones (excluding diaryl/α,β-unsaturated/α-hetero) is 1. The van der Waals surface area contributed by atoms with Crippen LogP contribution in [-0.2, 0) is 4.79 Å². The monoisotopic (exact) mass is 299 g/mol. The van der Waals surface area contributed by atoms with Gasteiger partial charge in [-0.15, -0.1) is 0 Å². The van der Waals surface area contributed by atoms with Gasteiger partial charge in [-0.2, -0.15) is 0 Å². The lowest BCUT2D eigenvalue weighted by atomic mass is 10.1. The van der Waals surface area contributed by atoms with Crippen molar-refractivity contribution in [2.75, 3.05) is 0 Å². The number of benzene rings is 1. The first-order valence-corrected chi connectivity index (χ1v) is 7.97. The summed E-state index contributed by atoms with van der Waals surface area (Å²) in [5.41, 5.74) is 3.37. The second kappa shape index (κ2) is 5.60. The highest BCUT2D eigenvalue weighted by Crippen LogP contribution is 2.36. The predicted octanol–water partition coefficient (Wildman–Crippen LogP) is 3.95. The summed E-state index contributed by atoms with van der Waals surface area (Å²) in [5, 5.41) is -0.0329. The fraction of sp³-hybridized carbons (Fsp3) is 0.353. The predicted molar refractivity (Wildman–Crippen MR) is 84.9 cm³/mol. The van der Waals surface area contributed by atoms with Crippen LogP contribution in [-0.4, -0.2) is 16.6 Å². The van der Waals surface area contributed by atoms with Crippen molar-refractivity contribution in [3.8, 4) is 0 Å². The Hall–Kier alpha value is -1.68. The number of aryl methyl sites for hydroxylation is 1. The molecule has 1 aliphatic carbocycles. The van der Waals surface area contributed by atoms with Crippen LogP contribution in [0.25, 0.3) is 0 Å². The molecule has 0 atom stereocenters. The Morgan fingerprint density at radius 2 is 2.05 bits per heavy atom. The molecule has 0 unspecified atom stereocenters. The largest absolute Gasteiger partial charge is 0.295 e. The van der Waals surface area contributed by atoms with Crippen molar-refractivity contribution in [2.24, 2.45) is 10.9 Å². The first kappa shape index (κ1) is 14.3. The summed E-state index contributed by atoms with van der Waals surface area (Å²) in [5.74, 6) is 0.623. The Morgan fingerprint density at radius 3 is 2.71 bits per heavy atom. The molecule has 0 bridgehead atoms. The number of nitrogens with zero attached hydrogens (tertiary/aromatic N) is 1. The molecule has 1 aromatic rings. The summed E-state index contributed by atoms with van der Waals surface area (Å²) in [6.45, 7) is 3.48. The summed E-state index contributed by atoms with van der Waals surface area (Å²) < 4.78 is 0. The number of aliphatic imine (C=N–C) groups is 1. The summed E-state index contributed by atoms with van der Waals surface area (Å²) in [4.78, 5) is 29.1. The van der Waals surface area contributed by atoms with Gasteiger partial charge in [-0.25, -0.2) is 0 Å². The van der Waals surface area contributed by atoms with Gasteiger partial charge >= 0.3 is 0 Å². The Morgan fingerprint density at radius 1 is 1.29 bits per heavy atom. The van der Waals surface area contributed by atoms with Gasteiger partial charge in [0.2, 0.25) is 5.12 Å². The van der Waals surface area contributed by atoms with E-state index in [2.05, 4.69) is 4.99 Å². The van der Waals surface area contributed by atoms with E-state index < -0.39 is 0 Å². The molecule has 3 rings (SSSR count). The zero-order valence-electron chi connectivity index (χ0n) is 12.2. The van der Waals surface area contributed by atoms with Gasteiger partial charge in [0.05, 0.1) is 0 Å². The average Bonchev–Trinajstić information content (AvgIpc) is 3.18. The van der Waals surface area contributed by atoms with Gasteiger partial charge in [0, 0.05) is 22.6 Å². The number of carbonyl (C=O) groups is 2. The molecule has 4 heteroatoms. The maximum Gasteiger partial charge on any atom is 0.242 e. The molecule has 21 heavy (non-hydrogen) atoms. The van der Waals surface area contributed by atoms with Gasteiger partial charge in [-0.3, -0.25) is 14.6 Å². The van der Waals surface area contributed by atoms with Crippen LogP contribution in [0.2, 0.25) is 0 Å². The van der Waals surface area contributed by atoms with E-state index in [9.17, 15) is 9.59 Å². The van der Waals surface area contributed by atoms with Crippen LogP contribution in [0.5, 0.6) is 0 Å². The third kappa shape index (κ3) is 3.16. The third-order valence-electron chi connectivity index (χ3n) is 3.82. The Balaban J connectivity index is 1.76. The van der Waals surface area contributed by atoms with E-state index in [-0.39, 0.29) is 10.9 Å².